The fraction of sp³-hybridized carbons (Fsp3) is 0.333. The second-order valence-electron chi connectivity index (χ2n) is 7.80. The van der Waals surface area contributed by atoms with Gasteiger partial charge >= 0.3 is 0 Å². The summed E-state index contributed by atoms with van der Waals surface area (Å²) in [7, 11) is 0. The first-order valence-electron chi connectivity index (χ1n) is 9.43. The van der Waals surface area contributed by atoms with E-state index in [2.05, 4.69) is 17.3 Å². The first-order valence-corrected chi connectivity index (χ1v) is 9.43. The fourth-order valence-electron chi connectivity index (χ4n) is 5.10. The van der Waals surface area contributed by atoms with Crippen LogP contribution in [0.15, 0.2) is 41.5 Å². The van der Waals surface area contributed by atoms with Crippen molar-refractivity contribution in [2.24, 2.45) is 34.5 Å². The van der Waals surface area contributed by atoms with Crippen LogP contribution in [0.2, 0.25) is 0 Å². The summed E-state index contributed by atoms with van der Waals surface area (Å²) in [5.74, 6) is -1.07. The summed E-state index contributed by atoms with van der Waals surface area (Å²) in [5.41, 5.74) is 7.83. The number of amides is 3. The number of fused-ring (bicyclic) bond motifs is 6. The third-order valence-corrected chi connectivity index (χ3v) is 6.34. The number of carbonyl (C=O) groups is 3. The van der Waals surface area contributed by atoms with E-state index in [1.807, 2.05) is 35.8 Å². The standard InChI is InChI=1S/C21H20N4O3/c1-11-15(14-4-2-3-5-16(14)24(11)10-17(22)26)9-23-25-20(27)18-12-6-7-13(8-12)19(18)21(25)28/h2-7,9,12-13,18-19H,8,10H2,1H3,(H2,22,26). The van der Waals surface area contributed by atoms with Crippen LogP contribution in [0, 0.1) is 30.6 Å². The number of carbonyl (C=O) groups excluding carboxylic acids is 3. The zero-order chi connectivity index (χ0) is 19.6. The van der Waals surface area contributed by atoms with E-state index in [1.165, 1.54) is 0 Å². The summed E-state index contributed by atoms with van der Waals surface area (Å²) in [6, 6.07) is 7.61. The second kappa shape index (κ2) is 5.89. The molecule has 1 saturated carbocycles. The maximum atomic E-state index is 12.8. The summed E-state index contributed by atoms with van der Waals surface area (Å²) in [5, 5.41) is 6.23. The van der Waals surface area contributed by atoms with Crippen molar-refractivity contribution in [1.82, 2.24) is 9.58 Å². The minimum absolute atomic E-state index is 0.0565. The van der Waals surface area contributed by atoms with Gasteiger partial charge in [-0.1, -0.05) is 30.4 Å². The molecule has 3 amide bonds. The molecule has 3 aliphatic rings. The molecule has 2 aliphatic carbocycles. The van der Waals surface area contributed by atoms with Crippen molar-refractivity contribution >= 4 is 34.8 Å². The van der Waals surface area contributed by atoms with Gasteiger partial charge in [0, 0.05) is 22.2 Å². The molecule has 142 valence electrons. The van der Waals surface area contributed by atoms with Crippen molar-refractivity contribution in [1.29, 1.82) is 0 Å². The summed E-state index contributed by atoms with van der Waals surface area (Å²) in [4.78, 5) is 37.1. The first-order chi connectivity index (χ1) is 13.5. The highest BCUT2D eigenvalue weighted by atomic mass is 16.2. The number of aromatic nitrogens is 1. The highest BCUT2D eigenvalue weighted by molar-refractivity contribution is 6.08. The van der Waals surface area contributed by atoms with Crippen molar-refractivity contribution in [3.63, 3.8) is 0 Å². The topological polar surface area (TPSA) is 97.8 Å². The molecule has 7 heteroatoms. The van der Waals surface area contributed by atoms with Gasteiger partial charge in [0.15, 0.2) is 0 Å². The van der Waals surface area contributed by atoms with E-state index in [9.17, 15) is 14.4 Å². The Hall–Kier alpha value is -3.22. The van der Waals surface area contributed by atoms with E-state index in [-0.39, 0.29) is 42.0 Å². The number of hydrazone groups is 1. The molecule has 1 aliphatic heterocycles. The molecule has 2 bridgehead atoms. The molecule has 0 radical (unpaired) electrons. The Labute approximate surface area is 161 Å². The number of hydrogen-bond donors (Lipinski definition) is 1. The van der Waals surface area contributed by atoms with Gasteiger partial charge in [-0.2, -0.15) is 10.1 Å². The normalized spacial score (nSPS) is 28.2. The highest BCUT2D eigenvalue weighted by Gasteiger charge is 2.59. The molecule has 2 N–H and O–H groups in total. The zero-order valence-corrected chi connectivity index (χ0v) is 15.4. The van der Waals surface area contributed by atoms with E-state index in [1.54, 1.807) is 6.21 Å². The van der Waals surface area contributed by atoms with Crippen LogP contribution in [0.1, 0.15) is 17.7 Å². The summed E-state index contributed by atoms with van der Waals surface area (Å²) in [6.45, 7) is 1.93. The molecule has 2 fully saturated rings. The lowest BCUT2D eigenvalue weighted by Crippen LogP contribution is -2.28. The number of nitrogens with zero attached hydrogens (tertiary/aromatic N) is 3. The fourth-order valence-corrected chi connectivity index (χ4v) is 5.10. The third kappa shape index (κ3) is 2.22. The van der Waals surface area contributed by atoms with Crippen LogP contribution in [-0.4, -0.2) is 33.5 Å². The van der Waals surface area contributed by atoms with Crippen molar-refractivity contribution in [3.05, 3.63) is 47.7 Å². The number of para-hydroxylation sites is 1. The predicted octanol–water partition coefficient (Wildman–Crippen LogP) is 1.58. The second-order valence-corrected chi connectivity index (χ2v) is 7.80. The first kappa shape index (κ1) is 16.9. The van der Waals surface area contributed by atoms with Crippen LogP contribution in [0.4, 0.5) is 0 Å². The molecule has 1 aromatic carbocycles. The largest absolute Gasteiger partial charge is 0.368 e. The Kier molecular flexibility index (Phi) is 3.56. The predicted molar refractivity (Wildman–Crippen MR) is 103 cm³/mol. The minimum Gasteiger partial charge on any atom is -0.368 e. The zero-order valence-electron chi connectivity index (χ0n) is 15.4. The lowest BCUT2D eigenvalue weighted by molar-refractivity contribution is -0.140. The third-order valence-electron chi connectivity index (χ3n) is 6.34. The van der Waals surface area contributed by atoms with Crippen molar-refractivity contribution in [2.75, 3.05) is 0 Å². The van der Waals surface area contributed by atoms with Crippen molar-refractivity contribution < 1.29 is 14.4 Å². The average Bonchev–Trinajstić information content (AvgIpc) is 3.40. The highest BCUT2D eigenvalue weighted by Crippen LogP contribution is 2.52. The molecule has 28 heavy (non-hydrogen) atoms. The van der Waals surface area contributed by atoms with Crippen LogP contribution in [-0.2, 0) is 20.9 Å². The van der Waals surface area contributed by atoms with Crippen LogP contribution in [0.5, 0.6) is 0 Å². The minimum atomic E-state index is -0.437. The summed E-state index contributed by atoms with van der Waals surface area (Å²) < 4.78 is 1.82. The number of imide groups is 1. The maximum Gasteiger partial charge on any atom is 0.254 e. The van der Waals surface area contributed by atoms with Gasteiger partial charge in [-0.25, -0.2) is 0 Å². The lowest BCUT2D eigenvalue weighted by Gasteiger charge is -2.13. The average molecular weight is 376 g/mol. The van der Waals surface area contributed by atoms with E-state index >= 15 is 0 Å². The number of rotatable bonds is 4. The molecule has 5 rings (SSSR count). The number of nitrogens with two attached hydrogens (primary N) is 1. The summed E-state index contributed by atoms with van der Waals surface area (Å²) >= 11 is 0. The quantitative estimate of drug-likeness (QED) is 0.498. The molecule has 2 aromatic rings. The SMILES string of the molecule is Cc1c(C=NN2C(=O)C3C4C=CC(C4)C3C2=O)c2ccccc2n1CC(N)=O. The smallest absolute Gasteiger partial charge is 0.254 e. The monoisotopic (exact) mass is 376 g/mol. The van der Waals surface area contributed by atoms with E-state index in [0.29, 0.717) is 0 Å². The van der Waals surface area contributed by atoms with Gasteiger partial charge in [0.1, 0.15) is 6.54 Å². The molecule has 4 unspecified atom stereocenters. The number of primary amides is 1. The van der Waals surface area contributed by atoms with Gasteiger partial charge in [-0.15, -0.1) is 0 Å². The Balaban J connectivity index is 1.52. The maximum absolute atomic E-state index is 12.8. The number of benzene rings is 1. The van der Waals surface area contributed by atoms with E-state index in [0.717, 1.165) is 33.6 Å². The van der Waals surface area contributed by atoms with Crippen LogP contribution in [0.25, 0.3) is 10.9 Å². The number of allylic oxidation sites excluding steroid dienone is 2. The molecule has 4 atom stereocenters. The molecular weight excluding hydrogens is 356 g/mol. The molecular formula is C21H20N4O3. The Morgan fingerprint density at radius 3 is 2.46 bits per heavy atom. The number of hydrogen-bond acceptors (Lipinski definition) is 4. The van der Waals surface area contributed by atoms with Gasteiger partial charge < -0.3 is 10.3 Å². The molecule has 1 saturated heterocycles. The Morgan fingerprint density at radius 1 is 1.18 bits per heavy atom. The lowest BCUT2D eigenvalue weighted by atomic mass is 9.85. The molecule has 1 aromatic heterocycles. The van der Waals surface area contributed by atoms with Crippen LogP contribution < -0.4 is 5.73 Å². The van der Waals surface area contributed by atoms with Crippen molar-refractivity contribution in [2.45, 2.75) is 19.9 Å². The Bertz CT molecular complexity index is 1070. The summed E-state index contributed by atoms with van der Waals surface area (Å²) in [6.07, 6.45) is 6.57. The molecule has 7 nitrogen and oxygen atoms in total. The van der Waals surface area contributed by atoms with Gasteiger partial charge in [0.25, 0.3) is 11.8 Å². The van der Waals surface area contributed by atoms with Gasteiger partial charge in [-0.3, -0.25) is 14.4 Å². The van der Waals surface area contributed by atoms with Crippen LogP contribution in [0.3, 0.4) is 0 Å². The van der Waals surface area contributed by atoms with E-state index in [4.69, 9.17) is 5.73 Å². The van der Waals surface area contributed by atoms with Crippen molar-refractivity contribution in [3.8, 4) is 0 Å². The van der Waals surface area contributed by atoms with Gasteiger partial charge in [0.05, 0.1) is 18.1 Å². The molecule has 0 spiro atoms. The van der Waals surface area contributed by atoms with Crippen LogP contribution >= 0.6 is 0 Å². The molecule has 2 heterocycles. The van der Waals surface area contributed by atoms with E-state index < -0.39 is 5.91 Å². The van der Waals surface area contributed by atoms with Gasteiger partial charge in [0.2, 0.25) is 5.91 Å². The van der Waals surface area contributed by atoms with Gasteiger partial charge in [-0.05, 0) is 31.2 Å². The Morgan fingerprint density at radius 2 is 1.82 bits per heavy atom.